The first-order chi connectivity index (χ1) is 13.3. The van der Waals surface area contributed by atoms with E-state index in [1.54, 1.807) is 0 Å². The molecule has 1 aromatic carbocycles. The van der Waals surface area contributed by atoms with Crippen LogP contribution in [-0.2, 0) is 14.3 Å². The van der Waals surface area contributed by atoms with Gasteiger partial charge >= 0.3 is 0 Å². The Morgan fingerprint density at radius 2 is 1.93 bits per heavy atom. The van der Waals surface area contributed by atoms with Crippen LogP contribution in [0.5, 0.6) is 5.75 Å². The molecule has 4 heterocycles. The van der Waals surface area contributed by atoms with Crippen molar-refractivity contribution in [2.24, 2.45) is 17.8 Å². The highest BCUT2D eigenvalue weighted by molar-refractivity contribution is 5.80. The van der Waals surface area contributed by atoms with E-state index in [1.165, 1.54) is 5.56 Å². The van der Waals surface area contributed by atoms with Crippen molar-refractivity contribution in [3.05, 3.63) is 29.8 Å². The standard InChI is InChI=1S/C21H28N2O4/c24-21(22-15-11-26-12-15)17-10-23(9-14-5-7-25-8-6-14)20-16-3-1-2-4-19(16)27-13-18(17)20/h1-4,14-15,17-18,20H,5-13H2,(H,22,24)/t17-,18+,20+/m1/s1. The molecule has 0 saturated carbocycles. The molecule has 0 bridgehead atoms. The lowest BCUT2D eigenvalue weighted by Crippen LogP contribution is -2.51. The van der Waals surface area contributed by atoms with Gasteiger partial charge < -0.3 is 19.5 Å². The van der Waals surface area contributed by atoms with Crippen molar-refractivity contribution in [3.63, 3.8) is 0 Å². The van der Waals surface area contributed by atoms with E-state index in [0.29, 0.717) is 25.7 Å². The van der Waals surface area contributed by atoms with Gasteiger partial charge in [0.25, 0.3) is 0 Å². The lowest BCUT2D eigenvalue weighted by molar-refractivity contribution is -0.130. The van der Waals surface area contributed by atoms with Gasteiger partial charge in [0.05, 0.1) is 31.8 Å². The molecule has 5 rings (SSSR count). The zero-order valence-corrected chi connectivity index (χ0v) is 15.6. The molecule has 146 valence electrons. The summed E-state index contributed by atoms with van der Waals surface area (Å²) in [5.41, 5.74) is 1.24. The molecule has 0 aliphatic carbocycles. The maximum absolute atomic E-state index is 13.0. The number of amides is 1. The molecule has 1 aromatic rings. The van der Waals surface area contributed by atoms with Crippen LogP contribution in [0.25, 0.3) is 0 Å². The van der Waals surface area contributed by atoms with Crippen LogP contribution in [-0.4, -0.2) is 63.0 Å². The van der Waals surface area contributed by atoms with E-state index < -0.39 is 0 Å². The monoisotopic (exact) mass is 372 g/mol. The first-order valence-corrected chi connectivity index (χ1v) is 10.2. The number of hydrogen-bond acceptors (Lipinski definition) is 5. The van der Waals surface area contributed by atoms with Gasteiger partial charge in [-0.3, -0.25) is 9.69 Å². The van der Waals surface area contributed by atoms with Gasteiger partial charge in [-0.25, -0.2) is 0 Å². The summed E-state index contributed by atoms with van der Waals surface area (Å²) in [6.07, 6.45) is 2.23. The van der Waals surface area contributed by atoms with Crippen molar-refractivity contribution in [1.29, 1.82) is 0 Å². The minimum Gasteiger partial charge on any atom is -0.493 e. The van der Waals surface area contributed by atoms with Crippen molar-refractivity contribution >= 4 is 5.91 Å². The van der Waals surface area contributed by atoms with Crippen molar-refractivity contribution in [2.45, 2.75) is 24.9 Å². The van der Waals surface area contributed by atoms with E-state index in [1.807, 2.05) is 6.07 Å². The predicted molar refractivity (Wildman–Crippen MR) is 99.5 cm³/mol. The van der Waals surface area contributed by atoms with Crippen molar-refractivity contribution in [3.8, 4) is 5.75 Å². The van der Waals surface area contributed by atoms with Gasteiger partial charge in [-0.15, -0.1) is 0 Å². The fourth-order valence-electron chi connectivity index (χ4n) is 5.02. The molecule has 6 nitrogen and oxygen atoms in total. The highest BCUT2D eigenvalue weighted by Gasteiger charge is 2.49. The lowest BCUT2D eigenvalue weighted by atomic mass is 9.84. The number of para-hydroxylation sites is 1. The van der Waals surface area contributed by atoms with E-state index in [9.17, 15) is 4.79 Å². The van der Waals surface area contributed by atoms with Gasteiger partial charge in [-0.1, -0.05) is 18.2 Å². The number of nitrogens with one attached hydrogen (secondary N) is 1. The van der Waals surface area contributed by atoms with Crippen molar-refractivity contribution < 1.29 is 19.0 Å². The second-order valence-corrected chi connectivity index (χ2v) is 8.32. The Morgan fingerprint density at radius 1 is 1.11 bits per heavy atom. The summed E-state index contributed by atoms with van der Waals surface area (Å²) < 4.78 is 16.8. The molecule has 0 unspecified atom stereocenters. The number of rotatable bonds is 4. The summed E-state index contributed by atoms with van der Waals surface area (Å²) in [4.78, 5) is 15.5. The number of nitrogens with zero attached hydrogens (tertiary/aromatic N) is 1. The SMILES string of the molecule is O=C(NC1COC1)[C@@H]1CN(CC2CCOCC2)[C@H]2c3ccccc3OC[C@@H]12. The van der Waals surface area contributed by atoms with Crippen LogP contribution in [0.1, 0.15) is 24.4 Å². The maximum Gasteiger partial charge on any atom is 0.225 e. The van der Waals surface area contributed by atoms with Gasteiger partial charge in [0.1, 0.15) is 5.75 Å². The molecule has 3 saturated heterocycles. The van der Waals surface area contributed by atoms with Crippen molar-refractivity contribution in [1.82, 2.24) is 10.2 Å². The summed E-state index contributed by atoms with van der Waals surface area (Å²) in [5, 5.41) is 3.17. The highest BCUT2D eigenvalue weighted by Crippen LogP contribution is 2.47. The molecule has 0 aromatic heterocycles. The number of likely N-dealkylation sites (tertiary alicyclic amines) is 1. The molecule has 4 aliphatic heterocycles. The van der Waals surface area contributed by atoms with Crippen LogP contribution in [0, 0.1) is 17.8 Å². The quantitative estimate of drug-likeness (QED) is 0.870. The Hall–Kier alpha value is -1.63. The Morgan fingerprint density at radius 3 is 2.70 bits per heavy atom. The third kappa shape index (κ3) is 3.35. The molecule has 1 amide bonds. The molecule has 1 N–H and O–H groups in total. The van der Waals surface area contributed by atoms with Gasteiger partial charge in [-0.2, -0.15) is 0 Å². The number of hydrogen-bond donors (Lipinski definition) is 1. The average molecular weight is 372 g/mol. The average Bonchev–Trinajstić information content (AvgIpc) is 3.04. The normalized spacial score (nSPS) is 31.5. The Balaban J connectivity index is 1.38. The zero-order chi connectivity index (χ0) is 18.2. The smallest absolute Gasteiger partial charge is 0.225 e. The summed E-state index contributed by atoms with van der Waals surface area (Å²) in [6.45, 7) is 5.45. The van der Waals surface area contributed by atoms with Crippen LogP contribution >= 0.6 is 0 Å². The second kappa shape index (κ2) is 7.41. The largest absolute Gasteiger partial charge is 0.493 e. The molecule has 27 heavy (non-hydrogen) atoms. The maximum atomic E-state index is 13.0. The second-order valence-electron chi connectivity index (χ2n) is 8.32. The summed E-state index contributed by atoms with van der Waals surface area (Å²) >= 11 is 0. The molecule has 0 radical (unpaired) electrons. The Bertz CT molecular complexity index is 687. The van der Waals surface area contributed by atoms with E-state index in [0.717, 1.165) is 44.9 Å². The van der Waals surface area contributed by atoms with E-state index in [2.05, 4.69) is 28.4 Å². The highest BCUT2D eigenvalue weighted by atomic mass is 16.5. The first-order valence-electron chi connectivity index (χ1n) is 10.2. The van der Waals surface area contributed by atoms with Crippen LogP contribution in [0.15, 0.2) is 24.3 Å². The number of benzene rings is 1. The van der Waals surface area contributed by atoms with E-state index in [-0.39, 0.29) is 29.8 Å². The summed E-state index contributed by atoms with van der Waals surface area (Å²) in [5.74, 6) is 1.97. The fraction of sp³-hybridized carbons (Fsp3) is 0.667. The first kappa shape index (κ1) is 17.5. The number of fused-ring (bicyclic) bond motifs is 3. The van der Waals surface area contributed by atoms with Crippen molar-refractivity contribution in [2.75, 3.05) is 46.1 Å². The third-order valence-electron chi connectivity index (χ3n) is 6.57. The van der Waals surface area contributed by atoms with Gasteiger partial charge in [0.2, 0.25) is 5.91 Å². The number of ether oxygens (including phenoxy) is 3. The van der Waals surface area contributed by atoms with Crippen LogP contribution in [0.3, 0.4) is 0 Å². The molecule has 3 atom stereocenters. The van der Waals surface area contributed by atoms with Crippen LogP contribution in [0.4, 0.5) is 0 Å². The van der Waals surface area contributed by atoms with Crippen LogP contribution < -0.4 is 10.1 Å². The molecule has 4 aliphatic rings. The van der Waals surface area contributed by atoms with Gasteiger partial charge in [0, 0.05) is 43.8 Å². The number of carbonyl (C=O) groups excluding carboxylic acids is 1. The number of carbonyl (C=O) groups is 1. The molecule has 6 heteroatoms. The fourth-order valence-corrected chi connectivity index (χ4v) is 5.02. The summed E-state index contributed by atoms with van der Waals surface area (Å²) in [7, 11) is 0. The minimum absolute atomic E-state index is 0.0243. The minimum atomic E-state index is -0.0243. The molecule has 3 fully saturated rings. The van der Waals surface area contributed by atoms with E-state index in [4.69, 9.17) is 14.2 Å². The van der Waals surface area contributed by atoms with E-state index >= 15 is 0 Å². The Labute approximate surface area is 160 Å². The third-order valence-corrected chi connectivity index (χ3v) is 6.57. The lowest BCUT2D eigenvalue weighted by Gasteiger charge is -2.36. The predicted octanol–water partition coefficient (Wildman–Crippen LogP) is 1.61. The molecular formula is C21H28N2O4. The molecule has 0 spiro atoms. The Kier molecular flexibility index (Phi) is 4.80. The van der Waals surface area contributed by atoms with Crippen LogP contribution in [0.2, 0.25) is 0 Å². The topological polar surface area (TPSA) is 60.0 Å². The molecular weight excluding hydrogens is 344 g/mol. The zero-order valence-electron chi connectivity index (χ0n) is 15.6. The van der Waals surface area contributed by atoms with Gasteiger partial charge in [-0.05, 0) is 24.8 Å². The summed E-state index contributed by atoms with van der Waals surface area (Å²) in [6, 6.07) is 8.78. The van der Waals surface area contributed by atoms with Gasteiger partial charge in [0.15, 0.2) is 0 Å².